The molecule has 5 nitrogen and oxygen atoms in total. The summed E-state index contributed by atoms with van der Waals surface area (Å²) in [6, 6.07) is 17.1. The van der Waals surface area contributed by atoms with Crippen LogP contribution in [0.3, 0.4) is 0 Å². The Balaban J connectivity index is 0.00000243. The van der Waals surface area contributed by atoms with Gasteiger partial charge in [-0.3, -0.25) is 0 Å². The van der Waals surface area contributed by atoms with Gasteiger partial charge in [-0.05, 0) is 43.7 Å². The van der Waals surface area contributed by atoms with Gasteiger partial charge in [-0.2, -0.15) is 0 Å². The summed E-state index contributed by atoms with van der Waals surface area (Å²) in [5.74, 6) is 1.82. The van der Waals surface area contributed by atoms with E-state index in [0.717, 1.165) is 28.8 Å². The zero-order chi connectivity index (χ0) is 17.6. The molecule has 0 aliphatic rings. The van der Waals surface area contributed by atoms with Crippen LogP contribution in [0, 0.1) is 0 Å². The number of phenolic OH excluding ortho intramolecular Hbond substituents is 1. The molecule has 3 aromatic rings. The van der Waals surface area contributed by atoms with Gasteiger partial charge in [-0.1, -0.05) is 30.3 Å². The molecule has 1 atom stereocenters. The number of para-hydroxylation sites is 1. The second-order valence-corrected chi connectivity index (χ2v) is 5.92. The van der Waals surface area contributed by atoms with Crippen LogP contribution in [0.4, 0.5) is 0 Å². The Kier molecular flexibility index (Phi) is 7.32. The Morgan fingerprint density at radius 2 is 1.96 bits per heavy atom. The molecule has 1 aromatic heterocycles. The Bertz CT molecular complexity index is 843. The van der Waals surface area contributed by atoms with E-state index in [2.05, 4.69) is 15.6 Å². The second kappa shape index (κ2) is 9.47. The van der Waals surface area contributed by atoms with Gasteiger partial charge in [0.15, 0.2) is 5.96 Å². The summed E-state index contributed by atoms with van der Waals surface area (Å²) in [6.45, 7) is 5.31. The SMILES string of the molecule is CCNC(=NCc1cccc(O)c1)NC(C)c1cc2ccccc2o1.I. The maximum Gasteiger partial charge on any atom is 0.192 e. The fourth-order valence-electron chi connectivity index (χ4n) is 2.64. The molecule has 1 unspecified atom stereocenters. The van der Waals surface area contributed by atoms with Crippen molar-refractivity contribution in [1.29, 1.82) is 0 Å². The molecule has 0 aliphatic carbocycles. The van der Waals surface area contributed by atoms with Gasteiger partial charge >= 0.3 is 0 Å². The summed E-state index contributed by atoms with van der Waals surface area (Å²) in [5.41, 5.74) is 1.83. The second-order valence-electron chi connectivity index (χ2n) is 5.92. The van der Waals surface area contributed by atoms with Gasteiger partial charge < -0.3 is 20.2 Å². The first-order valence-electron chi connectivity index (χ1n) is 8.47. The van der Waals surface area contributed by atoms with Crippen molar-refractivity contribution in [3.05, 3.63) is 65.9 Å². The minimum atomic E-state index is -0.0191. The third-order valence-electron chi connectivity index (χ3n) is 3.90. The summed E-state index contributed by atoms with van der Waals surface area (Å²) in [4.78, 5) is 4.59. The number of furan rings is 1. The van der Waals surface area contributed by atoms with Gasteiger partial charge in [0.2, 0.25) is 0 Å². The first kappa shape index (κ1) is 20.1. The van der Waals surface area contributed by atoms with Crippen molar-refractivity contribution >= 4 is 40.9 Å². The topological polar surface area (TPSA) is 69.8 Å². The summed E-state index contributed by atoms with van der Waals surface area (Å²) in [6.07, 6.45) is 0. The van der Waals surface area contributed by atoms with Crippen LogP contribution in [-0.4, -0.2) is 17.6 Å². The van der Waals surface area contributed by atoms with Crippen molar-refractivity contribution in [2.75, 3.05) is 6.54 Å². The van der Waals surface area contributed by atoms with E-state index in [1.165, 1.54) is 0 Å². The fraction of sp³-hybridized carbons (Fsp3) is 0.250. The van der Waals surface area contributed by atoms with E-state index in [0.29, 0.717) is 12.5 Å². The molecular formula is C20H24IN3O2. The molecule has 138 valence electrons. The summed E-state index contributed by atoms with van der Waals surface area (Å²) >= 11 is 0. The van der Waals surface area contributed by atoms with Crippen LogP contribution in [0.15, 0.2) is 64.0 Å². The highest BCUT2D eigenvalue weighted by Crippen LogP contribution is 2.23. The van der Waals surface area contributed by atoms with Crippen LogP contribution in [0.25, 0.3) is 11.0 Å². The Hall–Kier alpha value is -2.22. The largest absolute Gasteiger partial charge is 0.508 e. The lowest BCUT2D eigenvalue weighted by atomic mass is 10.2. The lowest BCUT2D eigenvalue weighted by Crippen LogP contribution is -2.38. The minimum absolute atomic E-state index is 0. The molecule has 0 saturated heterocycles. The van der Waals surface area contributed by atoms with Crippen LogP contribution < -0.4 is 10.6 Å². The normalized spacial score (nSPS) is 12.5. The number of halogens is 1. The molecule has 0 radical (unpaired) electrons. The van der Waals surface area contributed by atoms with Crippen LogP contribution in [0.2, 0.25) is 0 Å². The number of fused-ring (bicyclic) bond motifs is 1. The average Bonchev–Trinajstić information content (AvgIpc) is 3.04. The molecule has 0 fully saturated rings. The molecule has 0 amide bonds. The molecular weight excluding hydrogens is 441 g/mol. The summed E-state index contributed by atoms with van der Waals surface area (Å²) < 4.78 is 5.91. The number of nitrogens with zero attached hydrogens (tertiary/aromatic N) is 1. The molecule has 2 aromatic carbocycles. The number of guanidine groups is 1. The highest BCUT2D eigenvalue weighted by molar-refractivity contribution is 14.0. The van der Waals surface area contributed by atoms with Crippen LogP contribution in [0.5, 0.6) is 5.75 Å². The van der Waals surface area contributed by atoms with E-state index in [-0.39, 0.29) is 35.8 Å². The summed E-state index contributed by atoms with van der Waals surface area (Å²) in [7, 11) is 0. The third kappa shape index (κ3) is 5.14. The maximum atomic E-state index is 9.55. The zero-order valence-corrected chi connectivity index (χ0v) is 17.2. The van der Waals surface area contributed by atoms with E-state index in [9.17, 15) is 5.11 Å². The number of hydrogen-bond acceptors (Lipinski definition) is 3. The predicted molar refractivity (Wildman–Crippen MR) is 116 cm³/mol. The lowest BCUT2D eigenvalue weighted by molar-refractivity contribution is 0.474. The van der Waals surface area contributed by atoms with E-state index in [1.807, 2.05) is 56.3 Å². The van der Waals surface area contributed by atoms with Crippen molar-refractivity contribution in [2.24, 2.45) is 4.99 Å². The predicted octanol–water partition coefficient (Wildman–Crippen LogP) is 4.57. The highest BCUT2D eigenvalue weighted by Gasteiger charge is 2.13. The minimum Gasteiger partial charge on any atom is -0.508 e. The van der Waals surface area contributed by atoms with Crippen molar-refractivity contribution in [3.8, 4) is 5.75 Å². The molecule has 6 heteroatoms. The molecule has 0 spiro atoms. The molecule has 0 bridgehead atoms. The molecule has 0 aliphatic heterocycles. The van der Waals surface area contributed by atoms with Gasteiger partial charge in [0, 0.05) is 11.9 Å². The highest BCUT2D eigenvalue weighted by atomic mass is 127. The number of benzene rings is 2. The number of nitrogens with one attached hydrogen (secondary N) is 2. The third-order valence-corrected chi connectivity index (χ3v) is 3.90. The van der Waals surface area contributed by atoms with Crippen molar-refractivity contribution in [3.63, 3.8) is 0 Å². The van der Waals surface area contributed by atoms with E-state index in [1.54, 1.807) is 12.1 Å². The Morgan fingerprint density at radius 3 is 2.69 bits per heavy atom. The van der Waals surface area contributed by atoms with Gasteiger partial charge in [0.25, 0.3) is 0 Å². The van der Waals surface area contributed by atoms with Crippen LogP contribution in [0.1, 0.15) is 31.2 Å². The van der Waals surface area contributed by atoms with Gasteiger partial charge in [-0.15, -0.1) is 24.0 Å². The van der Waals surface area contributed by atoms with Crippen LogP contribution >= 0.6 is 24.0 Å². The number of phenols is 1. The number of rotatable bonds is 5. The lowest BCUT2D eigenvalue weighted by Gasteiger charge is -2.16. The molecule has 3 N–H and O–H groups in total. The number of hydrogen-bond donors (Lipinski definition) is 3. The molecule has 3 rings (SSSR count). The molecule has 1 heterocycles. The van der Waals surface area contributed by atoms with Gasteiger partial charge in [0.1, 0.15) is 17.1 Å². The van der Waals surface area contributed by atoms with Gasteiger partial charge in [0.05, 0.1) is 12.6 Å². The van der Waals surface area contributed by atoms with E-state index < -0.39 is 0 Å². The quantitative estimate of drug-likeness (QED) is 0.293. The zero-order valence-electron chi connectivity index (χ0n) is 14.9. The van der Waals surface area contributed by atoms with Crippen molar-refractivity contribution < 1.29 is 9.52 Å². The molecule has 0 saturated carbocycles. The standard InChI is InChI=1S/C20H23N3O2.HI/c1-3-21-20(22-13-15-7-6-9-17(24)11-15)23-14(2)19-12-16-8-4-5-10-18(16)25-19;/h4-12,14,24H,3,13H2,1-2H3,(H2,21,22,23);1H. The average molecular weight is 465 g/mol. The van der Waals surface area contributed by atoms with Crippen LogP contribution in [-0.2, 0) is 6.54 Å². The monoisotopic (exact) mass is 465 g/mol. The summed E-state index contributed by atoms with van der Waals surface area (Å²) in [5, 5.41) is 17.2. The fourth-order valence-corrected chi connectivity index (χ4v) is 2.64. The Labute approximate surface area is 170 Å². The van der Waals surface area contributed by atoms with Crippen molar-refractivity contribution in [1.82, 2.24) is 10.6 Å². The first-order chi connectivity index (χ1) is 12.2. The molecule has 26 heavy (non-hydrogen) atoms. The number of aliphatic imine (C=N–C) groups is 1. The van der Waals surface area contributed by atoms with Gasteiger partial charge in [-0.25, -0.2) is 4.99 Å². The smallest absolute Gasteiger partial charge is 0.192 e. The van der Waals surface area contributed by atoms with E-state index in [4.69, 9.17) is 4.42 Å². The van der Waals surface area contributed by atoms with Crippen molar-refractivity contribution in [2.45, 2.75) is 26.4 Å². The Morgan fingerprint density at radius 1 is 1.15 bits per heavy atom. The maximum absolute atomic E-state index is 9.55. The first-order valence-corrected chi connectivity index (χ1v) is 8.47. The van der Waals surface area contributed by atoms with E-state index >= 15 is 0 Å². The number of aromatic hydroxyl groups is 1.